The molecule has 0 aliphatic rings. The van der Waals surface area contributed by atoms with E-state index in [1.807, 2.05) is 25.1 Å². The van der Waals surface area contributed by atoms with E-state index in [1.54, 1.807) is 12.1 Å². The van der Waals surface area contributed by atoms with Gasteiger partial charge in [-0.1, -0.05) is 55.1 Å². The second-order valence-corrected chi connectivity index (χ2v) is 3.81. The predicted molar refractivity (Wildman–Crippen MR) is 79.4 cm³/mol. The minimum Gasteiger partial charge on any atom is -0.516 e. The number of aliphatic hydroxyl groups is 1. The highest BCUT2D eigenvalue weighted by molar-refractivity contribution is 5.65. The number of hydrogen-bond donors (Lipinski definition) is 1. The zero-order valence-electron chi connectivity index (χ0n) is 10.9. The van der Waals surface area contributed by atoms with Gasteiger partial charge >= 0.3 is 0 Å². The fraction of sp³-hybridized carbons (Fsp3) is 0.0588. The molecule has 1 N–H and O–H groups in total. The van der Waals surface area contributed by atoms with Crippen LogP contribution >= 0.6 is 0 Å². The lowest BCUT2D eigenvalue weighted by Gasteiger charge is -2.02. The Labute approximate surface area is 113 Å². The Bertz CT molecular complexity index is 524. The summed E-state index contributed by atoms with van der Waals surface area (Å²) in [6, 6.07) is 14.7. The lowest BCUT2D eigenvalue weighted by molar-refractivity contribution is 0.476. The van der Waals surface area contributed by atoms with Gasteiger partial charge in [0.25, 0.3) is 0 Å². The molecule has 0 saturated carbocycles. The number of hydrogen-bond acceptors (Lipinski definition) is 1. The summed E-state index contributed by atoms with van der Waals surface area (Å²) in [6.45, 7) is 4.91. The summed E-state index contributed by atoms with van der Waals surface area (Å²) >= 11 is 0. The van der Waals surface area contributed by atoms with Gasteiger partial charge in [0, 0.05) is 0 Å². The van der Waals surface area contributed by atoms with Crippen molar-refractivity contribution in [1.82, 2.24) is 0 Å². The van der Waals surface area contributed by atoms with Crippen molar-refractivity contribution in [3.8, 4) is 11.1 Å². The Morgan fingerprint density at radius 2 is 1.37 bits per heavy atom. The molecule has 2 aromatic carbocycles. The van der Waals surface area contributed by atoms with E-state index in [2.05, 4.69) is 24.8 Å². The van der Waals surface area contributed by atoms with Gasteiger partial charge in [0.1, 0.15) is 5.82 Å². The molecule has 0 spiro atoms. The van der Waals surface area contributed by atoms with Crippen LogP contribution in [0.5, 0.6) is 0 Å². The highest BCUT2D eigenvalue weighted by Gasteiger charge is 1.97. The van der Waals surface area contributed by atoms with Crippen LogP contribution in [0.1, 0.15) is 12.5 Å². The van der Waals surface area contributed by atoms with E-state index >= 15 is 0 Å². The fourth-order valence-electron chi connectivity index (χ4n) is 1.62. The largest absolute Gasteiger partial charge is 0.516 e. The topological polar surface area (TPSA) is 20.2 Å². The molecule has 0 unspecified atom stereocenters. The smallest absolute Gasteiger partial charge is 0.123 e. The van der Waals surface area contributed by atoms with E-state index in [1.165, 1.54) is 17.7 Å². The molecule has 98 valence electrons. The first-order valence-corrected chi connectivity index (χ1v) is 5.95. The minimum absolute atomic E-state index is 0.200. The van der Waals surface area contributed by atoms with Gasteiger partial charge in [-0.15, -0.1) is 0 Å². The SMILES string of the molecule is C/C=C/c1ccc(-c2ccc(F)cc2)cc1.C=CO. The first kappa shape index (κ1) is 14.7. The Morgan fingerprint density at radius 1 is 0.947 bits per heavy atom. The average molecular weight is 256 g/mol. The molecule has 0 fully saturated rings. The van der Waals surface area contributed by atoms with Crippen molar-refractivity contribution < 1.29 is 9.50 Å². The van der Waals surface area contributed by atoms with Gasteiger partial charge in [-0.25, -0.2) is 4.39 Å². The van der Waals surface area contributed by atoms with Gasteiger partial charge in [-0.2, -0.15) is 0 Å². The zero-order valence-corrected chi connectivity index (χ0v) is 10.9. The quantitative estimate of drug-likeness (QED) is 0.731. The standard InChI is InChI=1S/C15H13F.C2H4O/c1-2-3-12-4-6-13(7-5-12)14-8-10-15(16)11-9-14;1-2-3/h2-11H,1H3;2-3H,1H2/b3-2+;. The lowest BCUT2D eigenvalue weighted by atomic mass is 10.0. The van der Waals surface area contributed by atoms with Crippen molar-refractivity contribution in [3.05, 3.63) is 78.8 Å². The fourth-order valence-corrected chi connectivity index (χ4v) is 1.62. The number of rotatable bonds is 2. The van der Waals surface area contributed by atoms with E-state index in [4.69, 9.17) is 5.11 Å². The normalized spacial score (nSPS) is 9.79. The highest BCUT2D eigenvalue weighted by atomic mass is 19.1. The summed E-state index contributed by atoms with van der Waals surface area (Å²) in [4.78, 5) is 0. The Morgan fingerprint density at radius 3 is 1.79 bits per heavy atom. The third kappa shape index (κ3) is 4.80. The van der Waals surface area contributed by atoms with Crippen LogP contribution in [0, 0.1) is 5.82 Å². The summed E-state index contributed by atoms with van der Waals surface area (Å²) in [7, 11) is 0. The molecule has 0 bridgehead atoms. The van der Waals surface area contributed by atoms with Crippen molar-refractivity contribution in [1.29, 1.82) is 0 Å². The maximum atomic E-state index is 12.8. The summed E-state index contributed by atoms with van der Waals surface area (Å²) in [5.74, 6) is -0.200. The van der Waals surface area contributed by atoms with E-state index in [-0.39, 0.29) is 5.82 Å². The Kier molecular flexibility index (Phi) is 6.10. The molecule has 19 heavy (non-hydrogen) atoms. The van der Waals surface area contributed by atoms with Crippen LogP contribution in [0.15, 0.2) is 67.4 Å². The monoisotopic (exact) mass is 256 g/mol. The molecule has 0 atom stereocenters. The molecule has 0 aliphatic heterocycles. The molecule has 0 aromatic heterocycles. The third-order valence-electron chi connectivity index (χ3n) is 2.45. The van der Waals surface area contributed by atoms with Crippen LogP contribution < -0.4 is 0 Å². The van der Waals surface area contributed by atoms with Crippen LogP contribution in [-0.4, -0.2) is 5.11 Å². The van der Waals surface area contributed by atoms with Gasteiger partial charge in [-0.05, 0) is 35.7 Å². The van der Waals surface area contributed by atoms with Gasteiger partial charge in [-0.3, -0.25) is 0 Å². The molecule has 0 aliphatic carbocycles. The molecule has 2 rings (SSSR count). The second-order valence-electron chi connectivity index (χ2n) is 3.81. The van der Waals surface area contributed by atoms with Crippen LogP contribution in [0.2, 0.25) is 0 Å². The molecule has 1 nitrogen and oxygen atoms in total. The third-order valence-corrected chi connectivity index (χ3v) is 2.45. The molecule has 0 amide bonds. The predicted octanol–water partition coefficient (Wildman–Crippen LogP) is 5.21. The zero-order chi connectivity index (χ0) is 14.1. The Balaban J connectivity index is 0.000000550. The first-order chi connectivity index (χ1) is 9.21. The lowest BCUT2D eigenvalue weighted by Crippen LogP contribution is -1.79. The van der Waals surface area contributed by atoms with Crippen LogP contribution in [-0.2, 0) is 0 Å². The number of benzene rings is 2. The van der Waals surface area contributed by atoms with E-state index in [0.29, 0.717) is 0 Å². The Hall–Kier alpha value is -2.35. The molecule has 0 heterocycles. The van der Waals surface area contributed by atoms with E-state index in [0.717, 1.165) is 17.4 Å². The second kappa shape index (κ2) is 7.88. The highest BCUT2D eigenvalue weighted by Crippen LogP contribution is 2.20. The van der Waals surface area contributed by atoms with Gasteiger partial charge in [0.05, 0.1) is 6.26 Å². The summed E-state index contributed by atoms with van der Waals surface area (Å²) in [5, 5.41) is 7.33. The number of aliphatic hydroxyl groups excluding tert-OH is 1. The summed E-state index contributed by atoms with van der Waals surface area (Å²) in [5.41, 5.74) is 3.31. The van der Waals surface area contributed by atoms with Gasteiger partial charge in [0.2, 0.25) is 0 Å². The van der Waals surface area contributed by atoms with Crippen LogP contribution in [0.4, 0.5) is 4.39 Å². The summed E-state index contributed by atoms with van der Waals surface area (Å²) < 4.78 is 12.8. The van der Waals surface area contributed by atoms with Crippen LogP contribution in [0.3, 0.4) is 0 Å². The van der Waals surface area contributed by atoms with Gasteiger partial charge < -0.3 is 5.11 Å². The first-order valence-electron chi connectivity index (χ1n) is 5.95. The average Bonchev–Trinajstić information content (AvgIpc) is 2.42. The van der Waals surface area contributed by atoms with Crippen molar-refractivity contribution >= 4 is 6.08 Å². The number of halogens is 1. The maximum absolute atomic E-state index is 12.8. The van der Waals surface area contributed by atoms with E-state index in [9.17, 15) is 4.39 Å². The van der Waals surface area contributed by atoms with Gasteiger partial charge in [0.15, 0.2) is 0 Å². The van der Waals surface area contributed by atoms with Crippen LogP contribution in [0.25, 0.3) is 17.2 Å². The molecule has 2 aromatic rings. The van der Waals surface area contributed by atoms with Crippen molar-refractivity contribution in [3.63, 3.8) is 0 Å². The van der Waals surface area contributed by atoms with Crippen molar-refractivity contribution in [2.75, 3.05) is 0 Å². The molecule has 2 heteroatoms. The molecular formula is C17H17FO. The van der Waals surface area contributed by atoms with E-state index < -0.39 is 0 Å². The van der Waals surface area contributed by atoms with Crippen molar-refractivity contribution in [2.45, 2.75) is 6.92 Å². The van der Waals surface area contributed by atoms with Crippen molar-refractivity contribution in [2.24, 2.45) is 0 Å². The number of allylic oxidation sites excluding steroid dienone is 1. The molecule has 0 radical (unpaired) electrons. The molecule has 0 saturated heterocycles. The minimum atomic E-state index is -0.200. The summed E-state index contributed by atoms with van der Waals surface area (Å²) in [6.07, 6.45) is 4.81. The maximum Gasteiger partial charge on any atom is 0.123 e. The molecular weight excluding hydrogens is 239 g/mol.